The molecule has 0 radical (unpaired) electrons. The molecular weight excluding hydrogens is 398 g/mol. The number of para-hydroxylation sites is 2. The number of hydrogen-bond donors (Lipinski definition) is 1. The number of rotatable bonds is 6. The van der Waals surface area contributed by atoms with Crippen molar-refractivity contribution >= 4 is 34.6 Å². The first kappa shape index (κ1) is 21.1. The van der Waals surface area contributed by atoms with Gasteiger partial charge in [-0.2, -0.15) is 5.26 Å². The smallest absolute Gasteiger partial charge is 0.269 e. The normalized spacial score (nSPS) is 12.2. The van der Waals surface area contributed by atoms with Gasteiger partial charge in [0.05, 0.1) is 16.8 Å². The van der Waals surface area contributed by atoms with Crippen LogP contribution in [0.25, 0.3) is 11.6 Å². The summed E-state index contributed by atoms with van der Waals surface area (Å²) in [6, 6.07) is 18.4. The van der Waals surface area contributed by atoms with Crippen LogP contribution in [0.3, 0.4) is 0 Å². The van der Waals surface area contributed by atoms with Gasteiger partial charge in [0, 0.05) is 6.54 Å². The second-order valence-corrected chi connectivity index (χ2v) is 7.28. The minimum absolute atomic E-state index is 0.113. The Balaban J connectivity index is 2.11. The van der Waals surface area contributed by atoms with Crippen molar-refractivity contribution < 1.29 is 9.53 Å². The Morgan fingerprint density at radius 1 is 1.17 bits per heavy atom. The molecule has 0 aliphatic carbocycles. The average molecular weight is 420 g/mol. The predicted molar refractivity (Wildman–Crippen MR) is 119 cm³/mol. The van der Waals surface area contributed by atoms with E-state index in [1.165, 1.54) is 4.57 Å². The monoisotopic (exact) mass is 419 g/mol. The number of carbonyl (C=O) groups excluding carboxylic acids is 1. The van der Waals surface area contributed by atoms with Gasteiger partial charge in [-0.25, -0.2) is 0 Å². The molecule has 6 nitrogen and oxygen atoms in total. The lowest BCUT2D eigenvalue weighted by Gasteiger charge is -2.10. The second kappa shape index (κ2) is 9.72. The summed E-state index contributed by atoms with van der Waals surface area (Å²) in [5.74, 6) is -0.0674. The van der Waals surface area contributed by atoms with Crippen LogP contribution in [0.15, 0.2) is 59.4 Å². The molecule has 0 fully saturated rings. The molecule has 0 aliphatic heterocycles. The molecule has 2 aromatic carbocycles. The molecule has 3 aromatic rings. The first-order valence-corrected chi connectivity index (χ1v) is 10.3. The molecule has 1 heterocycles. The van der Waals surface area contributed by atoms with Gasteiger partial charge >= 0.3 is 0 Å². The number of nitrogens with zero attached hydrogens (tertiary/aromatic N) is 2. The van der Waals surface area contributed by atoms with E-state index in [1.807, 2.05) is 43.3 Å². The lowest BCUT2D eigenvalue weighted by atomic mass is 10.2. The highest BCUT2D eigenvalue weighted by Crippen LogP contribution is 2.24. The van der Waals surface area contributed by atoms with Gasteiger partial charge in [0.2, 0.25) is 0 Å². The van der Waals surface area contributed by atoms with Crippen LogP contribution in [0.5, 0.6) is 5.75 Å². The molecule has 0 spiro atoms. The maximum Gasteiger partial charge on any atom is 0.269 e. The van der Waals surface area contributed by atoms with Crippen molar-refractivity contribution in [1.29, 1.82) is 5.26 Å². The van der Waals surface area contributed by atoms with Crippen LogP contribution in [0.2, 0.25) is 0 Å². The van der Waals surface area contributed by atoms with E-state index in [4.69, 9.17) is 4.74 Å². The van der Waals surface area contributed by atoms with E-state index in [1.54, 1.807) is 37.3 Å². The lowest BCUT2D eigenvalue weighted by Crippen LogP contribution is -2.33. The zero-order chi connectivity index (χ0) is 21.5. The standard InChI is InChI=1S/C23H21N3O3S/c1-3-26-22(28)20(14-16-10-6-5-7-11-16)30-23(26)17(15-24)21(27)25-18-12-8-9-13-19(18)29-4-2/h5-14H,3-4H2,1-2H3,(H,25,27). The Kier molecular flexibility index (Phi) is 6.83. The minimum atomic E-state index is -0.584. The van der Waals surface area contributed by atoms with E-state index in [0.717, 1.165) is 16.9 Å². The highest BCUT2D eigenvalue weighted by Gasteiger charge is 2.17. The third kappa shape index (κ3) is 4.50. The predicted octanol–water partition coefficient (Wildman–Crippen LogP) is 2.47. The van der Waals surface area contributed by atoms with Crippen molar-refractivity contribution in [1.82, 2.24) is 4.57 Å². The first-order chi connectivity index (χ1) is 14.6. The number of amides is 1. The van der Waals surface area contributed by atoms with Crippen molar-refractivity contribution in [3.8, 4) is 11.8 Å². The van der Waals surface area contributed by atoms with Crippen molar-refractivity contribution in [3.05, 3.63) is 79.7 Å². The molecule has 152 valence electrons. The van der Waals surface area contributed by atoms with Gasteiger partial charge in [0.25, 0.3) is 11.5 Å². The van der Waals surface area contributed by atoms with Crippen molar-refractivity contribution in [3.63, 3.8) is 0 Å². The fourth-order valence-corrected chi connectivity index (χ4v) is 4.09. The Morgan fingerprint density at radius 2 is 1.87 bits per heavy atom. The van der Waals surface area contributed by atoms with E-state index in [9.17, 15) is 14.9 Å². The van der Waals surface area contributed by atoms with Crippen LogP contribution in [0.4, 0.5) is 5.69 Å². The maximum absolute atomic E-state index is 12.9. The van der Waals surface area contributed by atoms with Gasteiger partial charge in [-0.15, -0.1) is 11.3 Å². The Labute approximate surface area is 178 Å². The number of nitriles is 1. The van der Waals surface area contributed by atoms with E-state index >= 15 is 0 Å². The molecule has 1 amide bonds. The van der Waals surface area contributed by atoms with Gasteiger partial charge in [-0.3, -0.25) is 14.2 Å². The van der Waals surface area contributed by atoms with Crippen LogP contribution in [0.1, 0.15) is 19.4 Å². The van der Waals surface area contributed by atoms with Gasteiger partial charge in [-0.05, 0) is 37.6 Å². The zero-order valence-corrected chi connectivity index (χ0v) is 17.5. The van der Waals surface area contributed by atoms with Crippen molar-refractivity contribution in [2.24, 2.45) is 0 Å². The third-order valence-electron chi connectivity index (χ3n) is 4.31. The Morgan fingerprint density at radius 3 is 2.53 bits per heavy atom. The molecule has 0 bridgehead atoms. The van der Waals surface area contributed by atoms with Crippen LogP contribution < -0.4 is 24.8 Å². The summed E-state index contributed by atoms with van der Waals surface area (Å²) in [5.41, 5.74) is 1.00. The molecule has 0 unspecified atom stereocenters. The summed E-state index contributed by atoms with van der Waals surface area (Å²) in [6.07, 6.45) is 1.76. The van der Waals surface area contributed by atoms with Crippen LogP contribution >= 0.6 is 11.3 Å². The number of aromatic nitrogens is 1. The molecule has 7 heteroatoms. The summed E-state index contributed by atoms with van der Waals surface area (Å²) in [4.78, 5) is 25.7. The van der Waals surface area contributed by atoms with E-state index in [2.05, 4.69) is 5.32 Å². The van der Waals surface area contributed by atoms with Crippen LogP contribution in [-0.4, -0.2) is 17.1 Å². The molecule has 3 rings (SSSR count). The Hall–Kier alpha value is -3.63. The molecule has 0 saturated carbocycles. The van der Waals surface area contributed by atoms with Crippen LogP contribution in [0, 0.1) is 11.3 Å². The van der Waals surface area contributed by atoms with E-state index < -0.39 is 5.91 Å². The first-order valence-electron chi connectivity index (χ1n) is 9.53. The number of benzene rings is 2. The number of hydrogen-bond acceptors (Lipinski definition) is 5. The average Bonchev–Trinajstić information content (AvgIpc) is 3.06. The van der Waals surface area contributed by atoms with Crippen molar-refractivity contribution in [2.45, 2.75) is 20.4 Å². The summed E-state index contributed by atoms with van der Waals surface area (Å²) < 4.78 is 7.78. The van der Waals surface area contributed by atoms with Crippen molar-refractivity contribution in [2.75, 3.05) is 11.9 Å². The maximum atomic E-state index is 12.9. The molecular formula is C23H21N3O3S. The SMILES string of the molecule is CCOc1ccccc1NC(=O)C(C#N)=c1sc(=Cc2ccccc2)c(=O)n1CC. The largest absolute Gasteiger partial charge is 0.492 e. The number of ether oxygens (including phenoxy) is 1. The highest BCUT2D eigenvalue weighted by molar-refractivity contribution is 7.07. The second-order valence-electron chi connectivity index (χ2n) is 6.25. The van der Waals surface area contributed by atoms with Crippen LogP contribution in [-0.2, 0) is 11.3 Å². The molecule has 1 N–H and O–H groups in total. The van der Waals surface area contributed by atoms with Gasteiger partial charge in [-0.1, -0.05) is 42.5 Å². The zero-order valence-electron chi connectivity index (χ0n) is 16.7. The highest BCUT2D eigenvalue weighted by atomic mass is 32.1. The molecule has 0 atom stereocenters. The number of thiazole rings is 1. The third-order valence-corrected chi connectivity index (χ3v) is 5.44. The summed E-state index contributed by atoms with van der Waals surface area (Å²) in [5, 5.41) is 12.4. The fraction of sp³-hybridized carbons (Fsp3) is 0.174. The molecule has 30 heavy (non-hydrogen) atoms. The van der Waals surface area contributed by atoms with E-state index in [0.29, 0.717) is 33.8 Å². The van der Waals surface area contributed by atoms with Gasteiger partial charge in [0.1, 0.15) is 16.5 Å². The van der Waals surface area contributed by atoms with Gasteiger partial charge in [0.15, 0.2) is 5.57 Å². The fourth-order valence-electron chi connectivity index (χ4n) is 2.92. The number of nitrogens with one attached hydrogen (secondary N) is 1. The number of carbonyl (C=O) groups is 1. The molecule has 0 aliphatic rings. The minimum Gasteiger partial charge on any atom is -0.492 e. The lowest BCUT2D eigenvalue weighted by molar-refractivity contribution is -0.111. The summed E-state index contributed by atoms with van der Waals surface area (Å²) >= 11 is 1.13. The summed E-state index contributed by atoms with van der Waals surface area (Å²) in [7, 11) is 0. The topological polar surface area (TPSA) is 84.1 Å². The quantitative estimate of drug-likeness (QED) is 0.665. The van der Waals surface area contributed by atoms with Gasteiger partial charge < -0.3 is 10.1 Å². The number of anilines is 1. The molecule has 0 saturated heterocycles. The summed E-state index contributed by atoms with van der Waals surface area (Å²) in [6.45, 7) is 4.45. The van der Waals surface area contributed by atoms with E-state index in [-0.39, 0.29) is 11.1 Å². The Bertz CT molecular complexity index is 1270. The molecule has 1 aromatic heterocycles.